The molecule has 112 valence electrons. The minimum Gasteiger partial charge on any atom is -0.379 e. The van der Waals surface area contributed by atoms with Crippen LogP contribution in [0.15, 0.2) is 10.6 Å². The molecule has 6 nitrogen and oxygen atoms in total. The van der Waals surface area contributed by atoms with E-state index in [1.807, 2.05) is 0 Å². The molecule has 1 amide bonds. The van der Waals surface area contributed by atoms with Crippen LogP contribution in [0.2, 0.25) is 0 Å². The SMILES string of the molecule is Cc1cc(C(=O)NCC(C(C)C)N2CCOCC2)on1. The van der Waals surface area contributed by atoms with Crippen molar-refractivity contribution >= 4 is 5.91 Å². The van der Waals surface area contributed by atoms with Crippen LogP contribution in [0.3, 0.4) is 0 Å². The van der Waals surface area contributed by atoms with E-state index in [9.17, 15) is 4.79 Å². The summed E-state index contributed by atoms with van der Waals surface area (Å²) in [6.45, 7) is 10.1. The van der Waals surface area contributed by atoms with E-state index in [-0.39, 0.29) is 11.7 Å². The molecule has 20 heavy (non-hydrogen) atoms. The molecule has 1 aliphatic rings. The lowest BCUT2D eigenvalue weighted by Gasteiger charge is -2.36. The number of rotatable bonds is 5. The Morgan fingerprint density at radius 3 is 2.70 bits per heavy atom. The first-order chi connectivity index (χ1) is 9.58. The number of nitrogens with zero attached hydrogens (tertiary/aromatic N) is 2. The van der Waals surface area contributed by atoms with Gasteiger partial charge in [0, 0.05) is 31.7 Å². The van der Waals surface area contributed by atoms with Gasteiger partial charge in [0.25, 0.3) is 5.91 Å². The standard InChI is InChI=1S/C14H23N3O3/c1-10(2)12(17-4-6-19-7-5-17)9-15-14(18)13-8-11(3)16-20-13/h8,10,12H,4-7,9H2,1-3H3,(H,15,18). The third kappa shape index (κ3) is 3.80. The van der Waals surface area contributed by atoms with Crippen molar-refractivity contribution in [1.82, 2.24) is 15.4 Å². The van der Waals surface area contributed by atoms with E-state index in [2.05, 4.69) is 29.2 Å². The molecule has 6 heteroatoms. The fourth-order valence-corrected chi connectivity index (χ4v) is 2.45. The quantitative estimate of drug-likeness (QED) is 0.874. The van der Waals surface area contributed by atoms with Crippen LogP contribution in [0, 0.1) is 12.8 Å². The first-order valence-electron chi connectivity index (χ1n) is 7.11. The Bertz CT molecular complexity index is 439. The molecule has 1 N–H and O–H groups in total. The van der Waals surface area contributed by atoms with Gasteiger partial charge >= 0.3 is 0 Å². The second-order valence-corrected chi connectivity index (χ2v) is 5.50. The van der Waals surface area contributed by atoms with Gasteiger partial charge in [0.2, 0.25) is 5.76 Å². The summed E-state index contributed by atoms with van der Waals surface area (Å²) in [6.07, 6.45) is 0. The zero-order valence-corrected chi connectivity index (χ0v) is 12.4. The largest absolute Gasteiger partial charge is 0.379 e. The van der Waals surface area contributed by atoms with Crippen molar-refractivity contribution in [3.8, 4) is 0 Å². The number of hydrogen-bond acceptors (Lipinski definition) is 5. The minimum atomic E-state index is -0.204. The lowest BCUT2D eigenvalue weighted by atomic mass is 10.0. The van der Waals surface area contributed by atoms with Gasteiger partial charge in [-0.05, 0) is 12.8 Å². The average Bonchev–Trinajstić information content (AvgIpc) is 2.86. The maximum absolute atomic E-state index is 12.0. The Labute approximate surface area is 119 Å². The normalized spacial score (nSPS) is 18.2. The molecule has 0 spiro atoms. The van der Waals surface area contributed by atoms with E-state index in [1.165, 1.54) is 0 Å². The summed E-state index contributed by atoms with van der Waals surface area (Å²) >= 11 is 0. The van der Waals surface area contributed by atoms with Crippen LogP contribution in [0.1, 0.15) is 30.1 Å². The van der Waals surface area contributed by atoms with E-state index in [0.717, 1.165) is 26.3 Å². The first kappa shape index (κ1) is 15.0. The number of nitrogens with one attached hydrogen (secondary N) is 1. The Balaban J connectivity index is 1.90. The Morgan fingerprint density at radius 2 is 2.15 bits per heavy atom. The molecule has 0 aromatic carbocycles. The summed E-state index contributed by atoms with van der Waals surface area (Å²) in [5, 5.41) is 6.66. The van der Waals surface area contributed by atoms with Crippen molar-refractivity contribution in [2.45, 2.75) is 26.8 Å². The maximum Gasteiger partial charge on any atom is 0.289 e. The Morgan fingerprint density at radius 1 is 1.45 bits per heavy atom. The topological polar surface area (TPSA) is 67.6 Å². The third-order valence-corrected chi connectivity index (χ3v) is 3.61. The van der Waals surface area contributed by atoms with Crippen molar-refractivity contribution in [2.24, 2.45) is 5.92 Å². The lowest BCUT2D eigenvalue weighted by molar-refractivity contribution is 0.00664. The lowest BCUT2D eigenvalue weighted by Crippen LogP contribution is -2.51. The predicted molar refractivity (Wildman–Crippen MR) is 74.6 cm³/mol. The molecule has 1 aliphatic heterocycles. The minimum absolute atomic E-state index is 0.204. The van der Waals surface area contributed by atoms with Gasteiger partial charge in [0.1, 0.15) is 0 Å². The first-order valence-corrected chi connectivity index (χ1v) is 7.11. The van der Waals surface area contributed by atoms with Crippen LogP contribution < -0.4 is 5.32 Å². The molecule has 1 aromatic heterocycles. The van der Waals surface area contributed by atoms with Crippen LogP contribution in [-0.4, -0.2) is 54.9 Å². The molecule has 0 saturated carbocycles. The van der Waals surface area contributed by atoms with Gasteiger partial charge in [-0.15, -0.1) is 0 Å². The molecule has 1 saturated heterocycles. The van der Waals surface area contributed by atoms with E-state index >= 15 is 0 Å². The number of ether oxygens (including phenoxy) is 1. The second kappa shape index (κ2) is 6.85. The molecule has 0 bridgehead atoms. The van der Waals surface area contributed by atoms with Gasteiger partial charge < -0.3 is 14.6 Å². The van der Waals surface area contributed by atoms with Crippen molar-refractivity contribution in [3.05, 3.63) is 17.5 Å². The van der Waals surface area contributed by atoms with E-state index < -0.39 is 0 Å². The van der Waals surface area contributed by atoms with Gasteiger partial charge in [0.05, 0.1) is 18.9 Å². The molecular formula is C14H23N3O3. The smallest absolute Gasteiger partial charge is 0.289 e. The van der Waals surface area contributed by atoms with Crippen molar-refractivity contribution < 1.29 is 14.1 Å². The van der Waals surface area contributed by atoms with Gasteiger partial charge in [0.15, 0.2) is 0 Å². The fourth-order valence-electron chi connectivity index (χ4n) is 2.45. The third-order valence-electron chi connectivity index (χ3n) is 3.61. The van der Waals surface area contributed by atoms with Crippen LogP contribution in [0.4, 0.5) is 0 Å². The Kier molecular flexibility index (Phi) is 5.14. The highest BCUT2D eigenvalue weighted by Crippen LogP contribution is 2.12. The highest BCUT2D eigenvalue weighted by molar-refractivity contribution is 5.91. The number of carbonyl (C=O) groups excluding carboxylic acids is 1. The summed E-state index contributed by atoms with van der Waals surface area (Å²) in [5.41, 5.74) is 0.712. The van der Waals surface area contributed by atoms with Crippen LogP contribution in [0.5, 0.6) is 0 Å². The molecule has 0 radical (unpaired) electrons. The van der Waals surface area contributed by atoms with E-state index in [4.69, 9.17) is 9.26 Å². The van der Waals surface area contributed by atoms with Gasteiger partial charge in [-0.2, -0.15) is 0 Å². The summed E-state index contributed by atoms with van der Waals surface area (Å²) in [4.78, 5) is 14.4. The number of carbonyl (C=O) groups is 1. The number of hydrogen-bond donors (Lipinski definition) is 1. The zero-order chi connectivity index (χ0) is 14.5. The van der Waals surface area contributed by atoms with E-state index in [1.54, 1.807) is 13.0 Å². The zero-order valence-electron chi connectivity index (χ0n) is 12.4. The Hall–Kier alpha value is -1.40. The van der Waals surface area contributed by atoms with Crippen LogP contribution >= 0.6 is 0 Å². The van der Waals surface area contributed by atoms with E-state index in [0.29, 0.717) is 24.2 Å². The highest BCUT2D eigenvalue weighted by Gasteiger charge is 2.24. The monoisotopic (exact) mass is 281 g/mol. The maximum atomic E-state index is 12.0. The number of aryl methyl sites for hydroxylation is 1. The average molecular weight is 281 g/mol. The van der Waals surface area contributed by atoms with Crippen molar-refractivity contribution in [1.29, 1.82) is 0 Å². The molecule has 2 rings (SSSR count). The molecule has 0 aliphatic carbocycles. The number of aromatic nitrogens is 1. The summed E-state index contributed by atoms with van der Waals surface area (Å²) in [7, 11) is 0. The van der Waals surface area contributed by atoms with Gasteiger partial charge in [-0.25, -0.2) is 0 Å². The molecule has 1 unspecified atom stereocenters. The van der Waals surface area contributed by atoms with Crippen LogP contribution in [-0.2, 0) is 4.74 Å². The molecule has 1 fully saturated rings. The molecule has 1 aromatic rings. The van der Waals surface area contributed by atoms with Crippen LogP contribution in [0.25, 0.3) is 0 Å². The highest BCUT2D eigenvalue weighted by atomic mass is 16.5. The second-order valence-electron chi connectivity index (χ2n) is 5.50. The summed E-state index contributed by atoms with van der Waals surface area (Å²) in [5.74, 6) is 0.529. The number of morpholine rings is 1. The molecule has 1 atom stereocenters. The summed E-state index contributed by atoms with van der Waals surface area (Å²) < 4.78 is 10.3. The predicted octanol–water partition coefficient (Wildman–Crippen LogP) is 1.07. The van der Waals surface area contributed by atoms with Gasteiger partial charge in [-0.1, -0.05) is 19.0 Å². The van der Waals surface area contributed by atoms with Crippen molar-refractivity contribution in [2.75, 3.05) is 32.8 Å². The fraction of sp³-hybridized carbons (Fsp3) is 0.714. The molecular weight excluding hydrogens is 258 g/mol. The van der Waals surface area contributed by atoms with Crippen molar-refractivity contribution in [3.63, 3.8) is 0 Å². The molecule has 2 heterocycles. The van der Waals surface area contributed by atoms with Gasteiger partial charge in [-0.3, -0.25) is 9.69 Å². The summed E-state index contributed by atoms with van der Waals surface area (Å²) in [6, 6.07) is 1.96. The number of amides is 1.